The fraction of sp³-hybridized carbons (Fsp3) is 0.538. The van der Waals surface area contributed by atoms with Crippen LogP contribution in [-0.2, 0) is 6.54 Å². The van der Waals surface area contributed by atoms with Crippen LogP contribution in [0.25, 0.3) is 0 Å². The van der Waals surface area contributed by atoms with E-state index in [1.54, 1.807) is 6.07 Å². The average molecular weight is 270 g/mol. The third-order valence-electron chi connectivity index (χ3n) is 3.43. The number of likely N-dealkylation sites (tertiary alicyclic amines) is 1. The van der Waals surface area contributed by atoms with Gasteiger partial charge in [0, 0.05) is 6.54 Å². The summed E-state index contributed by atoms with van der Waals surface area (Å²) in [7, 11) is -1.36. The van der Waals surface area contributed by atoms with E-state index in [1.807, 2.05) is 18.2 Å². The van der Waals surface area contributed by atoms with Crippen LogP contribution in [0, 0.1) is 0 Å². The molecule has 1 saturated heterocycles. The molecule has 1 aromatic carbocycles. The van der Waals surface area contributed by atoms with Crippen LogP contribution in [0.15, 0.2) is 24.3 Å². The summed E-state index contributed by atoms with van der Waals surface area (Å²) >= 11 is 0. The quantitative estimate of drug-likeness (QED) is 0.810. The fourth-order valence-corrected chi connectivity index (χ4v) is 2.47. The maximum Gasteiger partial charge on any atom is 0.488 e. The van der Waals surface area contributed by atoms with Gasteiger partial charge in [0.05, 0.1) is 0 Å². The molecular formula is C13H21BClNO2. The molecule has 0 radical (unpaired) electrons. The van der Waals surface area contributed by atoms with Crippen LogP contribution in [0.4, 0.5) is 0 Å². The van der Waals surface area contributed by atoms with Gasteiger partial charge in [-0.05, 0) is 37.0 Å². The molecule has 0 aliphatic carbocycles. The summed E-state index contributed by atoms with van der Waals surface area (Å²) in [5.41, 5.74) is 1.67. The van der Waals surface area contributed by atoms with Gasteiger partial charge in [-0.25, -0.2) is 0 Å². The van der Waals surface area contributed by atoms with Crippen LogP contribution in [0.3, 0.4) is 0 Å². The van der Waals surface area contributed by atoms with Gasteiger partial charge in [-0.15, -0.1) is 12.4 Å². The summed E-state index contributed by atoms with van der Waals surface area (Å²) in [6, 6.07) is 7.58. The van der Waals surface area contributed by atoms with Crippen molar-refractivity contribution >= 4 is 25.0 Å². The van der Waals surface area contributed by atoms with Crippen LogP contribution in [0.1, 0.15) is 31.2 Å². The van der Waals surface area contributed by atoms with Gasteiger partial charge in [-0.1, -0.05) is 37.1 Å². The van der Waals surface area contributed by atoms with E-state index in [1.165, 1.54) is 25.7 Å². The Kier molecular flexibility index (Phi) is 6.72. The van der Waals surface area contributed by atoms with Crippen molar-refractivity contribution in [1.29, 1.82) is 0 Å². The van der Waals surface area contributed by atoms with Crippen molar-refractivity contribution in [2.75, 3.05) is 13.1 Å². The molecule has 0 atom stereocenters. The highest BCUT2D eigenvalue weighted by molar-refractivity contribution is 6.59. The Bertz CT molecular complexity index is 355. The number of benzene rings is 1. The first-order valence-electron chi connectivity index (χ1n) is 6.43. The third kappa shape index (κ3) is 4.28. The van der Waals surface area contributed by atoms with Crippen molar-refractivity contribution in [3.05, 3.63) is 29.8 Å². The van der Waals surface area contributed by atoms with E-state index in [9.17, 15) is 10.0 Å². The van der Waals surface area contributed by atoms with Gasteiger partial charge in [0.25, 0.3) is 0 Å². The minimum absolute atomic E-state index is 0. The first-order chi connectivity index (χ1) is 8.27. The van der Waals surface area contributed by atoms with Crippen LogP contribution in [0.5, 0.6) is 0 Å². The highest BCUT2D eigenvalue weighted by Gasteiger charge is 2.17. The second-order valence-corrected chi connectivity index (χ2v) is 4.76. The zero-order chi connectivity index (χ0) is 12.1. The predicted molar refractivity (Wildman–Crippen MR) is 77.3 cm³/mol. The Labute approximate surface area is 115 Å². The number of halogens is 1. The molecule has 0 bridgehead atoms. The van der Waals surface area contributed by atoms with Crippen LogP contribution in [-0.4, -0.2) is 35.2 Å². The lowest BCUT2D eigenvalue weighted by atomic mass is 9.77. The van der Waals surface area contributed by atoms with E-state index in [4.69, 9.17) is 0 Å². The van der Waals surface area contributed by atoms with Crippen LogP contribution >= 0.6 is 12.4 Å². The van der Waals surface area contributed by atoms with Crippen molar-refractivity contribution in [1.82, 2.24) is 4.90 Å². The Morgan fingerprint density at radius 3 is 2.22 bits per heavy atom. The van der Waals surface area contributed by atoms with E-state index in [0.717, 1.165) is 25.2 Å². The molecule has 1 aromatic rings. The third-order valence-corrected chi connectivity index (χ3v) is 3.43. The molecule has 0 unspecified atom stereocenters. The largest absolute Gasteiger partial charge is 0.488 e. The SMILES string of the molecule is Cl.OB(O)c1ccccc1CN1CCCCCC1. The van der Waals surface area contributed by atoms with Crippen LogP contribution < -0.4 is 5.46 Å². The molecule has 100 valence electrons. The molecule has 0 spiro atoms. The zero-order valence-corrected chi connectivity index (χ0v) is 11.4. The smallest absolute Gasteiger partial charge is 0.423 e. The van der Waals surface area contributed by atoms with Gasteiger partial charge in [-0.3, -0.25) is 4.90 Å². The molecule has 0 aromatic heterocycles. The van der Waals surface area contributed by atoms with Gasteiger partial charge < -0.3 is 10.0 Å². The monoisotopic (exact) mass is 269 g/mol. The Hall–Kier alpha value is -0.545. The second kappa shape index (κ2) is 7.79. The molecule has 5 heteroatoms. The molecule has 2 N–H and O–H groups in total. The van der Waals surface area contributed by atoms with E-state index in [0.29, 0.717) is 5.46 Å². The van der Waals surface area contributed by atoms with Gasteiger partial charge in [0.1, 0.15) is 0 Å². The van der Waals surface area contributed by atoms with Crippen molar-refractivity contribution < 1.29 is 10.0 Å². The highest BCUT2D eigenvalue weighted by Crippen LogP contribution is 2.12. The Morgan fingerprint density at radius 1 is 1.00 bits per heavy atom. The van der Waals surface area contributed by atoms with Gasteiger partial charge in [0.2, 0.25) is 0 Å². The maximum absolute atomic E-state index is 9.33. The van der Waals surface area contributed by atoms with Gasteiger partial charge in [-0.2, -0.15) is 0 Å². The molecule has 1 aliphatic rings. The van der Waals surface area contributed by atoms with E-state index >= 15 is 0 Å². The highest BCUT2D eigenvalue weighted by atomic mass is 35.5. The predicted octanol–water partition coefficient (Wildman–Crippen LogP) is 1.16. The summed E-state index contributed by atoms with van der Waals surface area (Å²) in [4.78, 5) is 2.41. The van der Waals surface area contributed by atoms with Gasteiger partial charge >= 0.3 is 7.12 Å². The minimum Gasteiger partial charge on any atom is -0.423 e. The molecule has 1 heterocycles. The molecular weight excluding hydrogens is 248 g/mol. The van der Waals surface area contributed by atoms with Crippen molar-refractivity contribution in [3.8, 4) is 0 Å². The zero-order valence-electron chi connectivity index (χ0n) is 10.6. The summed E-state index contributed by atoms with van der Waals surface area (Å²) in [6.07, 6.45) is 5.15. The lowest BCUT2D eigenvalue weighted by Gasteiger charge is -2.21. The second-order valence-electron chi connectivity index (χ2n) is 4.76. The topological polar surface area (TPSA) is 43.7 Å². The summed E-state index contributed by atoms with van der Waals surface area (Å²) in [6.45, 7) is 3.07. The van der Waals surface area contributed by atoms with Crippen molar-refractivity contribution in [3.63, 3.8) is 0 Å². The van der Waals surface area contributed by atoms with E-state index in [-0.39, 0.29) is 12.4 Å². The number of hydrogen-bond acceptors (Lipinski definition) is 3. The van der Waals surface area contributed by atoms with Crippen LogP contribution in [0.2, 0.25) is 0 Å². The fourth-order valence-electron chi connectivity index (χ4n) is 2.47. The van der Waals surface area contributed by atoms with Crippen molar-refractivity contribution in [2.45, 2.75) is 32.2 Å². The van der Waals surface area contributed by atoms with E-state index < -0.39 is 7.12 Å². The maximum atomic E-state index is 9.33. The van der Waals surface area contributed by atoms with E-state index in [2.05, 4.69) is 4.90 Å². The first-order valence-corrected chi connectivity index (χ1v) is 6.43. The molecule has 0 amide bonds. The van der Waals surface area contributed by atoms with Crippen molar-refractivity contribution in [2.24, 2.45) is 0 Å². The normalized spacial score (nSPS) is 16.8. The first kappa shape index (κ1) is 15.5. The molecule has 18 heavy (non-hydrogen) atoms. The minimum atomic E-state index is -1.36. The summed E-state index contributed by atoms with van der Waals surface area (Å²) in [5.74, 6) is 0. The number of rotatable bonds is 3. The number of hydrogen-bond donors (Lipinski definition) is 2. The standard InChI is InChI=1S/C13H20BNO2.ClH/c16-14(17)13-8-4-3-7-12(13)11-15-9-5-1-2-6-10-15;/h3-4,7-8,16-17H,1-2,5-6,9-11H2;1H. The molecule has 1 fully saturated rings. The Morgan fingerprint density at radius 2 is 1.61 bits per heavy atom. The number of nitrogens with zero attached hydrogens (tertiary/aromatic N) is 1. The van der Waals surface area contributed by atoms with Gasteiger partial charge in [0.15, 0.2) is 0 Å². The molecule has 2 rings (SSSR count). The Balaban J connectivity index is 0.00000162. The summed E-state index contributed by atoms with van der Waals surface area (Å²) < 4.78 is 0. The molecule has 3 nitrogen and oxygen atoms in total. The lowest BCUT2D eigenvalue weighted by molar-refractivity contribution is 0.277. The average Bonchev–Trinajstić information content (AvgIpc) is 2.58. The lowest BCUT2D eigenvalue weighted by Crippen LogP contribution is -2.36. The summed E-state index contributed by atoms with van der Waals surface area (Å²) in [5, 5.41) is 18.7. The molecule has 1 aliphatic heterocycles. The molecule has 0 saturated carbocycles.